The second-order valence-electron chi connectivity index (χ2n) is 3.95. The molecule has 120 valence electrons. The van der Waals surface area contributed by atoms with Gasteiger partial charge in [-0.05, 0) is 24.3 Å². The lowest BCUT2D eigenvalue weighted by atomic mass is 9.97. The molecule has 1 aromatic carbocycles. The third kappa shape index (κ3) is 2.90. The van der Waals surface area contributed by atoms with Crippen molar-refractivity contribution in [3.63, 3.8) is 0 Å². The number of hydrogen-bond acceptors (Lipinski definition) is 1. The van der Waals surface area contributed by atoms with Gasteiger partial charge in [-0.2, -0.15) is 35.1 Å². The minimum Gasteiger partial charge on any atom is -0.497 e. The van der Waals surface area contributed by atoms with Crippen LogP contribution in [0.2, 0.25) is 0 Å². The first-order valence-electron chi connectivity index (χ1n) is 5.13. The van der Waals surface area contributed by atoms with Gasteiger partial charge >= 0.3 is 21.7 Å². The summed E-state index contributed by atoms with van der Waals surface area (Å²) in [4.78, 5) is 0. The summed E-state index contributed by atoms with van der Waals surface area (Å²) in [5.41, 5.74) is -1.53. The molecular weight excluding hydrogens is 427 g/mol. The Labute approximate surface area is 127 Å². The minimum atomic E-state index is -6.29. The number of ether oxygens (including phenoxy) is 1. The summed E-state index contributed by atoms with van der Waals surface area (Å²) in [6.07, 6.45) is 0. The highest BCUT2D eigenvalue weighted by Gasteiger charge is 2.80. The first-order valence-corrected chi connectivity index (χ1v) is 6.21. The topological polar surface area (TPSA) is 9.23 Å². The van der Waals surface area contributed by atoms with E-state index in [9.17, 15) is 35.1 Å². The van der Waals surface area contributed by atoms with Crippen molar-refractivity contribution < 1.29 is 39.9 Å². The van der Waals surface area contributed by atoms with E-state index in [2.05, 4.69) is 4.74 Å². The normalized spacial score (nSPS) is 14.2. The van der Waals surface area contributed by atoms with Crippen LogP contribution in [0.5, 0.6) is 5.75 Å². The van der Waals surface area contributed by atoms with Crippen molar-refractivity contribution in [2.45, 2.75) is 21.7 Å². The maximum Gasteiger partial charge on any atom is 0.387 e. The van der Waals surface area contributed by atoms with Gasteiger partial charge < -0.3 is 4.74 Å². The summed E-state index contributed by atoms with van der Waals surface area (Å²) >= 11 is -0.301. The molecule has 1 aromatic rings. The van der Waals surface area contributed by atoms with Crippen molar-refractivity contribution in [2.75, 3.05) is 7.11 Å². The Morgan fingerprint density at radius 3 is 1.57 bits per heavy atom. The Morgan fingerprint density at radius 1 is 0.810 bits per heavy atom. The summed E-state index contributed by atoms with van der Waals surface area (Å²) in [7, 11) is 1.16. The molecule has 0 fully saturated rings. The van der Waals surface area contributed by atoms with Gasteiger partial charge in [-0.15, -0.1) is 0 Å². The maximum absolute atomic E-state index is 13.6. The number of halogens is 9. The number of alkyl halides is 9. The van der Waals surface area contributed by atoms with Gasteiger partial charge in [-0.3, -0.25) is 0 Å². The van der Waals surface area contributed by atoms with Crippen LogP contribution in [0.25, 0.3) is 0 Å². The SMILES string of the molecule is COc1ccc(C(F)(F)C(F)(F)C(F)(F)C(F)(F)I)cc1. The van der Waals surface area contributed by atoms with E-state index in [1.807, 2.05) is 0 Å². The molecule has 0 aliphatic carbocycles. The van der Waals surface area contributed by atoms with Crippen LogP contribution in [0, 0.1) is 0 Å². The summed E-state index contributed by atoms with van der Waals surface area (Å²) in [5.74, 6) is -18.0. The quantitative estimate of drug-likeness (QED) is 0.357. The molecule has 0 bridgehead atoms. The Morgan fingerprint density at radius 2 is 1.24 bits per heavy atom. The van der Waals surface area contributed by atoms with Gasteiger partial charge in [0.05, 0.1) is 7.11 Å². The van der Waals surface area contributed by atoms with Gasteiger partial charge in [0.15, 0.2) is 0 Å². The Hall–Kier alpha value is -0.810. The van der Waals surface area contributed by atoms with Crippen LogP contribution in [-0.2, 0) is 5.92 Å². The first-order chi connectivity index (χ1) is 9.29. The van der Waals surface area contributed by atoms with Gasteiger partial charge in [-0.1, -0.05) is 0 Å². The monoisotopic (exact) mass is 434 g/mol. The first kappa shape index (κ1) is 18.2. The van der Waals surface area contributed by atoms with E-state index >= 15 is 0 Å². The summed E-state index contributed by atoms with van der Waals surface area (Å²) in [6, 6.07) is 2.43. The molecule has 0 saturated heterocycles. The van der Waals surface area contributed by atoms with Crippen LogP contribution in [0.3, 0.4) is 0 Å². The molecule has 0 atom stereocenters. The number of rotatable bonds is 5. The van der Waals surface area contributed by atoms with E-state index in [1.165, 1.54) is 0 Å². The van der Waals surface area contributed by atoms with E-state index in [0.717, 1.165) is 19.2 Å². The van der Waals surface area contributed by atoms with Crippen molar-refractivity contribution in [3.05, 3.63) is 29.8 Å². The molecule has 1 nitrogen and oxygen atoms in total. The van der Waals surface area contributed by atoms with E-state index in [0.29, 0.717) is 12.1 Å². The molecule has 0 spiro atoms. The lowest BCUT2D eigenvalue weighted by Gasteiger charge is -2.34. The Balaban J connectivity index is 3.32. The lowest BCUT2D eigenvalue weighted by Crippen LogP contribution is -2.59. The highest BCUT2D eigenvalue weighted by Crippen LogP contribution is 2.57. The Kier molecular flexibility index (Phi) is 4.72. The molecule has 0 aliphatic heterocycles. The van der Waals surface area contributed by atoms with Gasteiger partial charge in [0.2, 0.25) is 0 Å². The van der Waals surface area contributed by atoms with Crippen molar-refractivity contribution in [2.24, 2.45) is 0 Å². The molecule has 0 N–H and O–H groups in total. The predicted octanol–water partition coefficient (Wildman–Crippen LogP) is 5.09. The number of benzene rings is 1. The molecule has 0 aliphatic rings. The van der Waals surface area contributed by atoms with Gasteiger partial charge in [0.1, 0.15) is 5.75 Å². The third-order valence-electron chi connectivity index (χ3n) is 2.60. The molecule has 0 radical (unpaired) electrons. The van der Waals surface area contributed by atoms with Crippen LogP contribution in [0.4, 0.5) is 35.1 Å². The van der Waals surface area contributed by atoms with Crippen molar-refractivity contribution in [1.29, 1.82) is 0 Å². The summed E-state index contributed by atoms with van der Waals surface area (Å²) in [6.45, 7) is 0. The second kappa shape index (κ2) is 5.43. The zero-order valence-corrected chi connectivity index (χ0v) is 12.3. The molecule has 10 heteroatoms. The fourth-order valence-electron chi connectivity index (χ4n) is 1.36. The van der Waals surface area contributed by atoms with Crippen LogP contribution >= 0.6 is 22.6 Å². The van der Waals surface area contributed by atoms with Gasteiger partial charge in [0.25, 0.3) is 0 Å². The fourth-order valence-corrected chi connectivity index (χ4v) is 1.70. The van der Waals surface area contributed by atoms with E-state index in [-0.39, 0.29) is 28.3 Å². The zero-order valence-electron chi connectivity index (χ0n) is 10.1. The van der Waals surface area contributed by atoms with Crippen molar-refractivity contribution in [1.82, 2.24) is 0 Å². The van der Waals surface area contributed by atoms with Gasteiger partial charge in [0, 0.05) is 28.2 Å². The van der Waals surface area contributed by atoms with E-state index in [1.54, 1.807) is 0 Å². The average Bonchev–Trinajstić information content (AvgIpc) is 2.37. The molecule has 1 rings (SSSR count). The fraction of sp³-hybridized carbons (Fsp3) is 0.455. The molecule has 0 saturated carbocycles. The molecule has 0 heterocycles. The highest BCUT2D eigenvalue weighted by molar-refractivity contribution is 14.1. The van der Waals surface area contributed by atoms with Crippen LogP contribution in [0.1, 0.15) is 5.56 Å². The van der Waals surface area contributed by atoms with Crippen LogP contribution in [0.15, 0.2) is 24.3 Å². The molecule has 0 aromatic heterocycles. The summed E-state index contributed by atoms with van der Waals surface area (Å²) in [5, 5.41) is 0. The van der Waals surface area contributed by atoms with Crippen molar-refractivity contribution >= 4 is 22.6 Å². The summed E-state index contributed by atoms with van der Waals surface area (Å²) < 4.78 is 104. The highest BCUT2D eigenvalue weighted by atomic mass is 127. The predicted molar refractivity (Wildman–Crippen MR) is 65.7 cm³/mol. The largest absolute Gasteiger partial charge is 0.497 e. The van der Waals surface area contributed by atoms with Crippen molar-refractivity contribution in [3.8, 4) is 5.75 Å². The second-order valence-corrected chi connectivity index (χ2v) is 5.30. The molecule has 0 unspecified atom stereocenters. The molecular formula is C11H7F8IO. The zero-order chi connectivity index (χ0) is 16.7. The minimum absolute atomic E-state index is 0.00356. The maximum atomic E-state index is 13.6. The lowest BCUT2D eigenvalue weighted by molar-refractivity contribution is -0.347. The average molecular weight is 434 g/mol. The van der Waals surface area contributed by atoms with Crippen LogP contribution in [-0.4, -0.2) is 22.9 Å². The molecule has 21 heavy (non-hydrogen) atoms. The van der Waals surface area contributed by atoms with E-state index < -0.39 is 27.3 Å². The number of methoxy groups -OCH3 is 1. The van der Waals surface area contributed by atoms with Gasteiger partial charge in [-0.25, -0.2) is 0 Å². The smallest absolute Gasteiger partial charge is 0.387 e. The Bertz CT molecular complexity index is 494. The van der Waals surface area contributed by atoms with E-state index in [4.69, 9.17) is 0 Å². The van der Waals surface area contributed by atoms with Crippen LogP contribution < -0.4 is 4.74 Å². The molecule has 0 amide bonds. The third-order valence-corrected chi connectivity index (χ3v) is 3.27. The standard InChI is InChI=1S/C11H7F8IO/c1-21-7-4-2-6(3-5-7)8(12,13)9(14,15)10(16,17)11(18,19)20/h2-5H,1H3. The number of hydrogen-bond donors (Lipinski definition) is 0.